The van der Waals surface area contributed by atoms with Crippen LogP contribution in [0.15, 0.2) is 0 Å². The molecular weight excluding hydrogens is 180 g/mol. The fraction of sp³-hybridized carbons (Fsp3) is 1.00. The van der Waals surface area contributed by atoms with E-state index in [1.165, 1.54) is 12.8 Å². The van der Waals surface area contributed by atoms with Gasteiger partial charge in [-0.25, -0.2) is 0 Å². The maximum absolute atomic E-state index is 5.77. The van der Waals surface area contributed by atoms with Crippen LogP contribution in [0.5, 0.6) is 0 Å². The SMILES string of the molecule is CC1(CC2CCCN2)OCC(CN)O1. The third-order valence-electron chi connectivity index (χ3n) is 3.03. The van der Waals surface area contributed by atoms with E-state index >= 15 is 0 Å². The summed E-state index contributed by atoms with van der Waals surface area (Å²) in [5, 5.41) is 3.45. The molecule has 2 fully saturated rings. The summed E-state index contributed by atoms with van der Waals surface area (Å²) in [4.78, 5) is 0. The van der Waals surface area contributed by atoms with Crippen molar-refractivity contribution >= 4 is 0 Å². The van der Waals surface area contributed by atoms with Crippen LogP contribution in [0, 0.1) is 0 Å². The van der Waals surface area contributed by atoms with Gasteiger partial charge in [0.2, 0.25) is 0 Å². The third kappa shape index (κ3) is 2.25. The van der Waals surface area contributed by atoms with Crippen molar-refractivity contribution in [1.82, 2.24) is 5.32 Å². The lowest BCUT2D eigenvalue weighted by Gasteiger charge is -2.26. The zero-order valence-electron chi connectivity index (χ0n) is 8.79. The Kier molecular flexibility index (Phi) is 3.07. The van der Waals surface area contributed by atoms with Crippen molar-refractivity contribution in [3.8, 4) is 0 Å². The second-order valence-corrected chi connectivity index (χ2v) is 4.42. The summed E-state index contributed by atoms with van der Waals surface area (Å²) < 4.78 is 11.4. The lowest BCUT2D eigenvalue weighted by molar-refractivity contribution is -0.160. The van der Waals surface area contributed by atoms with Crippen molar-refractivity contribution in [3.63, 3.8) is 0 Å². The molecule has 0 amide bonds. The number of nitrogens with one attached hydrogen (secondary N) is 1. The number of ether oxygens (including phenoxy) is 2. The molecule has 3 unspecified atom stereocenters. The summed E-state index contributed by atoms with van der Waals surface area (Å²) in [6, 6.07) is 0.552. The van der Waals surface area contributed by atoms with Crippen LogP contribution in [0.4, 0.5) is 0 Å². The average Bonchev–Trinajstić information content (AvgIpc) is 2.76. The second-order valence-electron chi connectivity index (χ2n) is 4.42. The van der Waals surface area contributed by atoms with E-state index in [0.717, 1.165) is 13.0 Å². The summed E-state index contributed by atoms with van der Waals surface area (Å²) in [6.45, 7) is 4.33. The fourth-order valence-corrected chi connectivity index (χ4v) is 2.29. The van der Waals surface area contributed by atoms with Crippen molar-refractivity contribution in [2.24, 2.45) is 5.73 Å². The van der Waals surface area contributed by atoms with Crippen molar-refractivity contribution in [2.75, 3.05) is 19.7 Å². The molecule has 82 valence electrons. The summed E-state index contributed by atoms with van der Waals surface area (Å²) in [6.07, 6.45) is 3.52. The van der Waals surface area contributed by atoms with E-state index in [4.69, 9.17) is 15.2 Å². The Balaban J connectivity index is 1.83. The molecule has 3 N–H and O–H groups in total. The van der Waals surface area contributed by atoms with Crippen LogP contribution >= 0.6 is 0 Å². The molecule has 0 aliphatic carbocycles. The van der Waals surface area contributed by atoms with Gasteiger partial charge in [0.1, 0.15) is 0 Å². The largest absolute Gasteiger partial charge is 0.347 e. The first-order valence-electron chi connectivity index (χ1n) is 5.47. The van der Waals surface area contributed by atoms with Crippen LogP contribution in [-0.4, -0.2) is 37.6 Å². The number of rotatable bonds is 3. The molecule has 4 nitrogen and oxygen atoms in total. The Bertz CT molecular complexity index is 195. The van der Waals surface area contributed by atoms with Crippen molar-refractivity contribution in [2.45, 2.75) is 44.1 Å². The lowest BCUT2D eigenvalue weighted by Crippen LogP contribution is -2.36. The number of hydrogen-bond acceptors (Lipinski definition) is 4. The third-order valence-corrected chi connectivity index (χ3v) is 3.03. The van der Waals surface area contributed by atoms with Crippen molar-refractivity contribution < 1.29 is 9.47 Å². The highest BCUT2D eigenvalue weighted by molar-refractivity contribution is 4.84. The number of nitrogens with two attached hydrogens (primary N) is 1. The van der Waals surface area contributed by atoms with Crippen molar-refractivity contribution in [3.05, 3.63) is 0 Å². The van der Waals surface area contributed by atoms with Crippen LogP contribution < -0.4 is 11.1 Å². The summed E-state index contributed by atoms with van der Waals surface area (Å²) in [5.41, 5.74) is 5.54. The Hall–Kier alpha value is -0.160. The Morgan fingerprint density at radius 3 is 3.00 bits per heavy atom. The zero-order chi connectivity index (χ0) is 10.0. The van der Waals surface area contributed by atoms with Crippen LogP contribution in [-0.2, 0) is 9.47 Å². The van der Waals surface area contributed by atoms with Gasteiger partial charge in [0.15, 0.2) is 5.79 Å². The highest BCUT2D eigenvalue weighted by Crippen LogP contribution is 2.29. The van der Waals surface area contributed by atoms with Gasteiger partial charge < -0.3 is 20.5 Å². The quantitative estimate of drug-likeness (QED) is 0.684. The van der Waals surface area contributed by atoms with Crippen LogP contribution in [0.25, 0.3) is 0 Å². The van der Waals surface area contributed by atoms with Gasteiger partial charge in [0.05, 0.1) is 12.7 Å². The first-order chi connectivity index (χ1) is 6.72. The molecular formula is C10H20N2O2. The van der Waals surface area contributed by atoms with Gasteiger partial charge in [-0.05, 0) is 26.3 Å². The standard InChI is InChI=1S/C10H20N2O2/c1-10(5-8-3-2-4-12-8)13-7-9(6-11)14-10/h8-9,12H,2-7,11H2,1H3. The monoisotopic (exact) mass is 200 g/mol. The van der Waals surface area contributed by atoms with E-state index in [1.54, 1.807) is 0 Å². The highest BCUT2D eigenvalue weighted by atomic mass is 16.7. The Morgan fingerprint density at radius 2 is 2.43 bits per heavy atom. The van der Waals surface area contributed by atoms with Crippen LogP contribution in [0.2, 0.25) is 0 Å². The lowest BCUT2D eigenvalue weighted by atomic mass is 10.1. The Labute approximate surface area is 85.1 Å². The number of hydrogen-bond donors (Lipinski definition) is 2. The van der Waals surface area contributed by atoms with Gasteiger partial charge in [-0.3, -0.25) is 0 Å². The minimum Gasteiger partial charge on any atom is -0.347 e. The summed E-state index contributed by atoms with van der Waals surface area (Å²) in [7, 11) is 0. The first-order valence-corrected chi connectivity index (χ1v) is 5.47. The van der Waals surface area contributed by atoms with E-state index in [2.05, 4.69) is 5.32 Å². The molecule has 4 heteroatoms. The van der Waals surface area contributed by atoms with Crippen molar-refractivity contribution in [1.29, 1.82) is 0 Å². The maximum atomic E-state index is 5.77. The maximum Gasteiger partial charge on any atom is 0.167 e. The molecule has 2 aliphatic rings. The molecule has 0 saturated carbocycles. The molecule has 0 spiro atoms. The molecule has 14 heavy (non-hydrogen) atoms. The topological polar surface area (TPSA) is 56.5 Å². The van der Waals surface area contributed by atoms with Crippen LogP contribution in [0.3, 0.4) is 0 Å². The predicted octanol–water partition coefficient (Wildman–Crippen LogP) is 0.219. The van der Waals surface area contributed by atoms with E-state index in [1.807, 2.05) is 6.92 Å². The zero-order valence-corrected chi connectivity index (χ0v) is 8.79. The summed E-state index contributed by atoms with van der Waals surface area (Å²) >= 11 is 0. The van der Waals surface area contributed by atoms with Gasteiger partial charge >= 0.3 is 0 Å². The molecule has 0 bridgehead atoms. The normalized spacial score (nSPS) is 43.3. The minimum atomic E-state index is -0.411. The predicted molar refractivity (Wildman–Crippen MR) is 53.9 cm³/mol. The van der Waals surface area contributed by atoms with E-state index in [0.29, 0.717) is 19.2 Å². The molecule has 0 aromatic rings. The molecule has 2 aliphatic heterocycles. The highest BCUT2D eigenvalue weighted by Gasteiger charge is 2.38. The first kappa shape index (κ1) is 10.4. The van der Waals surface area contributed by atoms with Gasteiger partial charge in [-0.2, -0.15) is 0 Å². The van der Waals surface area contributed by atoms with Gasteiger partial charge in [-0.1, -0.05) is 0 Å². The van der Waals surface area contributed by atoms with E-state index in [-0.39, 0.29) is 6.10 Å². The van der Waals surface area contributed by atoms with Gasteiger partial charge in [0, 0.05) is 19.0 Å². The molecule has 2 rings (SSSR count). The van der Waals surface area contributed by atoms with Gasteiger partial charge in [0.25, 0.3) is 0 Å². The smallest absolute Gasteiger partial charge is 0.167 e. The molecule has 2 heterocycles. The molecule has 0 radical (unpaired) electrons. The molecule has 3 atom stereocenters. The molecule has 0 aromatic carbocycles. The van der Waals surface area contributed by atoms with E-state index < -0.39 is 5.79 Å². The second kappa shape index (κ2) is 4.14. The fourth-order valence-electron chi connectivity index (χ4n) is 2.29. The molecule has 2 saturated heterocycles. The van der Waals surface area contributed by atoms with Gasteiger partial charge in [-0.15, -0.1) is 0 Å². The average molecular weight is 200 g/mol. The minimum absolute atomic E-state index is 0.0846. The van der Waals surface area contributed by atoms with E-state index in [9.17, 15) is 0 Å². The van der Waals surface area contributed by atoms with Crippen LogP contribution in [0.1, 0.15) is 26.2 Å². The Morgan fingerprint density at radius 1 is 1.57 bits per heavy atom. The molecule has 0 aromatic heterocycles. The summed E-state index contributed by atoms with van der Waals surface area (Å²) in [5.74, 6) is -0.411.